The summed E-state index contributed by atoms with van der Waals surface area (Å²) >= 11 is 0. The number of carbonyl (C=O) groups is 1. The molecule has 0 spiro atoms. The van der Waals surface area contributed by atoms with Crippen molar-refractivity contribution < 1.29 is 9.53 Å². The van der Waals surface area contributed by atoms with Crippen molar-refractivity contribution in [2.75, 3.05) is 7.11 Å². The van der Waals surface area contributed by atoms with Gasteiger partial charge in [0, 0.05) is 21.5 Å². The number of aromatic nitrogens is 1. The van der Waals surface area contributed by atoms with E-state index in [2.05, 4.69) is 16.9 Å². The number of ether oxygens (including phenoxy) is 1. The Balaban J connectivity index is 2.52. The van der Waals surface area contributed by atoms with E-state index in [0.717, 1.165) is 18.4 Å². The number of para-hydroxylation sites is 1. The molecule has 7 nitrogen and oxygen atoms in total. The van der Waals surface area contributed by atoms with Gasteiger partial charge in [-0.2, -0.15) is 0 Å². The van der Waals surface area contributed by atoms with E-state index in [1.54, 1.807) is 10.6 Å². The third-order valence-corrected chi connectivity index (χ3v) is 4.56. The first kappa shape index (κ1) is 19.2. The molecule has 1 aromatic heterocycles. The van der Waals surface area contributed by atoms with Crippen LogP contribution in [0.3, 0.4) is 0 Å². The van der Waals surface area contributed by atoms with E-state index in [-0.39, 0.29) is 23.2 Å². The number of methoxy groups -OCH3 is 1. The SMILES string of the molecule is CCCc1ccc2c(=O)c(CN=[N+]=[N-])c(C(=O)OC)n(-c3ccccc3)c2c1. The van der Waals surface area contributed by atoms with Crippen molar-refractivity contribution in [3.05, 3.63) is 86.0 Å². The molecule has 3 rings (SSSR count). The maximum absolute atomic E-state index is 13.1. The number of benzene rings is 2. The topological polar surface area (TPSA) is 97.1 Å². The molecule has 0 amide bonds. The average molecular weight is 376 g/mol. The van der Waals surface area contributed by atoms with E-state index in [1.807, 2.05) is 42.5 Å². The summed E-state index contributed by atoms with van der Waals surface area (Å²) in [5.74, 6) is -0.660. The number of fused-ring (bicyclic) bond motifs is 1. The zero-order valence-corrected chi connectivity index (χ0v) is 15.8. The molecule has 0 bridgehead atoms. The molecule has 2 aromatic carbocycles. The molecule has 0 aliphatic carbocycles. The predicted octanol–water partition coefficient (Wildman–Crippen LogP) is 4.54. The fourth-order valence-electron chi connectivity index (χ4n) is 3.33. The van der Waals surface area contributed by atoms with Gasteiger partial charge in [-0.1, -0.05) is 42.7 Å². The van der Waals surface area contributed by atoms with Crippen LogP contribution in [0.1, 0.15) is 35.0 Å². The van der Waals surface area contributed by atoms with Crippen molar-refractivity contribution in [3.63, 3.8) is 0 Å². The van der Waals surface area contributed by atoms with Crippen molar-refractivity contribution in [2.45, 2.75) is 26.3 Å². The lowest BCUT2D eigenvalue weighted by molar-refractivity contribution is 0.0590. The Bertz CT molecular complexity index is 1130. The van der Waals surface area contributed by atoms with Crippen molar-refractivity contribution in [3.8, 4) is 5.69 Å². The molecule has 0 aliphatic heterocycles. The van der Waals surface area contributed by atoms with E-state index in [4.69, 9.17) is 10.3 Å². The summed E-state index contributed by atoms with van der Waals surface area (Å²) in [6, 6.07) is 14.9. The Kier molecular flexibility index (Phi) is 5.77. The summed E-state index contributed by atoms with van der Waals surface area (Å²) in [7, 11) is 1.26. The van der Waals surface area contributed by atoms with Crippen LogP contribution >= 0.6 is 0 Å². The maximum Gasteiger partial charge on any atom is 0.355 e. The number of carbonyl (C=O) groups excluding carboxylic acids is 1. The number of nitrogens with zero attached hydrogens (tertiary/aromatic N) is 4. The minimum absolute atomic E-state index is 0.0762. The second-order valence-electron chi connectivity index (χ2n) is 6.31. The molecule has 28 heavy (non-hydrogen) atoms. The number of pyridine rings is 1. The standard InChI is InChI=1S/C21H20N4O3/c1-3-7-14-10-11-16-18(12-14)25(15-8-5-4-6-9-15)19(21(27)28-2)17(20(16)26)13-23-24-22/h4-6,8-12H,3,7,13H2,1-2H3. The van der Waals surface area contributed by atoms with E-state index in [0.29, 0.717) is 16.6 Å². The zero-order valence-electron chi connectivity index (χ0n) is 15.8. The summed E-state index contributed by atoms with van der Waals surface area (Å²) in [4.78, 5) is 28.5. The van der Waals surface area contributed by atoms with Crippen molar-refractivity contribution in [1.82, 2.24) is 4.57 Å². The Hall–Kier alpha value is -3.57. The Morgan fingerprint density at radius 3 is 2.61 bits per heavy atom. The maximum atomic E-state index is 13.1. The highest BCUT2D eigenvalue weighted by atomic mass is 16.5. The van der Waals surface area contributed by atoms with E-state index >= 15 is 0 Å². The van der Waals surface area contributed by atoms with Crippen LogP contribution in [0.15, 0.2) is 58.4 Å². The lowest BCUT2D eigenvalue weighted by atomic mass is 10.0. The van der Waals surface area contributed by atoms with Gasteiger partial charge < -0.3 is 9.30 Å². The number of hydrogen-bond acceptors (Lipinski definition) is 4. The predicted molar refractivity (Wildman–Crippen MR) is 108 cm³/mol. The normalized spacial score (nSPS) is 10.5. The zero-order chi connectivity index (χ0) is 20.1. The summed E-state index contributed by atoms with van der Waals surface area (Å²) < 4.78 is 6.68. The lowest BCUT2D eigenvalue weighted by Gasteiger charge is -2.19. The minimum Gasteiger partial charge on any atom is -0.464 e. The molecule has 0 fully saturated rings. The van der Waals surface area contributed by atoms with Crippen LogP contribution in [0.4, 0.5) is 0 Å². The molecule has 0 saturated heterocycles. The van der Waals surface area contributed by atoms with Crippen LogP contribution in [-0.2, 0) is 17.7 Å². The first-order valence-electron chi connectivity index (χ1n) is 8.97. The summed E-state index contributed by atoms with van der Waals surface area (Å²) in [6.45, 7) is 1.84. The van der Waals surface area contributed by atoms with Gasteiger partial charge in [-0.25, -0.2) is 4.79 Å². The highest BCUT2D eigenvalue weighted by molar-refractivity contribution is 5.95. The van der Waals surface area contributed by atoms with Gasteiger partial charge in [0.15, 0.2) is 5.43 Å². The van der Waals surface area contributed by atoms with Crippen LogP contribution in [0.5, 0.6) is 0 Å². The van der Waals surface area contributed by atoms with E-state index < -0.39 is 5.97 Å². The smallest absolute Gasteiger partial charge is 0.355 e. The highest BCUT2D eigenvalue weighted by Crippen LogP contribution is 2.24. The quantitative estimate of drug-likeness (QED) is 0.273. The molecule has 0 aliphatic rings. The highest BCUT2D eigenvalue weighted by Gasteiger charge is 2.23. The van der Waals surface area contributed by atoms with Crippen LogP contribution in [0.2, 0.25) is 0 Å². The van der Waals surface area contributed by atoms with Gasteiger partial charge >= 0.3 is 5.97 Å². The van der Waals surface area contributed by atoms with Crippen molar-refractivity contribution in [1.29, 1.82) is 0 Å². The average Bonchev–Trinajstić information content (AvgIpc) is 2.73. The second-order valence-corrected chi connectivity index (χ2v) is 6.31. The third kappa shape index (κ3) is 3.48. The number of esters is 1. The number of hydrogen-bond donors (Lipinski definition) is 0. The van der Waals surface area contributed by atoms with Crippen molar-refractivity contribution >= 4 is 16.9 Å². The lowest BCUT2D eigenvalue weighted by Crippen LogP contribution is -2.24. The molecule has 0 atom stereocenters. The third-order valence-electron chi connectivity index (χ3n) is 4.56. The fourth-order valence-corrected chi connectivity index (χ4v) is 3.33. The van der Waals surface area contributed by atoms with Gasteiger partial charge in [0.05, 0.1) is 19.2 Å². The number of azide groups is 1. The molecular formula is C21H20N4O3. The molecular weight excluding hydrogens is 356 g/mol. The Labute approximate surface area is 161 Å². The van der Waals surface area contributed by atoms with Gasteiger partial charge in [0.1, 0.15) is 5.69 Å². The van der Waals surface area contributed by atoms with Crippen LogP contribution in [0, 0.1) is 0 Å². The first-order chi connectivity index (χ1) is 13.6. The number of rotatable bonds is 6. The van der Waals surface area contributed by atoms with Gasteiger partial charge in [-0.15, -0.1) is 0 Å². The molecule has 142 valence electrons. The Morgan fingerprint density at radius 2 is 1.96 bits per heavy atom. The Morgan fingerprint density at radius 1 is 1.21 bits per heavy atom. The van der Waals surface area contributed by atoms with E-state index in [1.165, 1.54) is 7.11 Å². The molecule has 0 radical (unpaired) electrons. The first-order valence-corrected chi connectivity index (χ1v) is 8.97. The molecule has 7 heteroatoms. The summed E-state index contributed by atoms with van der Waals surface area (Å²) in [6.07, 6.45) is 1.81. The summed E-state index contributed by atoms with van der Waals surface area (Å²) in [5, 5.41) is 3.99. The summed E-state index contributed by atoms with van der Waals surface area (Å²) in [5.41, 5.74) is 11.0. The van der Waals surface area contributed by atoms with Gasteiger partial charge in [0.2, 0.25) is 0 Å². The molecule has 3 aromatic rings. The van der Waals surface area contributed by atoms with E-state index in [9.17, 15) is 9.59 Å². The van der Waals surface area contributed by atoms with Gasteiger partial charge in [-0.05, 0) is 41.8 Å². The van der Waals surface area contributed by atoms with Gasteiger partial charge in [0.25, 0.3) is 0 Å². The fraction of sp³-hybridized carbons (Fsp3) is 0.238. The molecule has 0 unspecified atom stereocenters. The second kappa shape index (κ2) is 8.41. The largest absolute Gasteiger partial charge is 0.464 e. The van der Waals surface area contributed by atoms with Gasteiger partial charge in [-0.3, -0.25) is 4.79 Å². The monoisotopic (exact) mass is 376 g/mol. The van der Waals surface area contributed by atoms with Crippen molar-refractivity contribution in [2.24, 2.45) is 5.11 Å². The van der Waals surface area contributed by atoms with Crippen LogP contribution in [0.25, 0.3) is 27.0 Å². The van der Waals surface area contributed by atoms with Crippen LogP contribution < -0.4 is 5.43 Å². The molecule has 1 heterocycles. The minimum atomic E-state index is -0.660. The molecule has 0 saturated carbocycles. The molecule has 0 N–H and O–H groups in total. The van der Waals surface area contributed by atoms with Crippen LogP contribution in [-0.4, -0.2) is 17.6 Å². The number of aryl methyl sites for hydroxylation is 1.